The Hall–Kier alpha value is 0.360. The van der Waals surface area contributed by atoms with Crippen LogP contribution in [-0.2, 0) is 0 Å². The van der Waals surface area contributed by atoms with Gasteiger partial charge < -0.3 is 4.74 Å². The first-order chi connectivity index (χ1) is 8.88. The van der Waals surface area contributed by atoms with Crippen LogP contribution in [0, 0.1) is 0 Å². The van der Waals surface area contributed by atoms with Crippen LogP contribution in [0.2, 0.25) is 20.1 Å². The first-order valence-corrected chi connectivity index (χ1v) is 7.95. The second-order valence-corrected chi connectivity index (χ2v) is 6.96. The van der Waals surface area contributed by atoms with E-state index in [1.165, 1.54) is 0 Å². The molecule has 0 aliphatic heterocycles. The summed E-state index contributed by atoms with van der Waals surface area (Å²) < 4.78 is 7.15. The van der Waals surface area contributed by atoms with Gasteiger partial charge in [0.25, 0.3) is 0 Å². The average Bonchev–Trinajstić information content (AvgIpc) is 2.25. The molecule has 19 heavy (non-hydrogen) atoms. The predicted molar refractivity (Wildman–Crippen MR) is 88.4 cm³/mol. The summed E-state index contributed by atoms with van der Waals surface area (Å²) in [6, 6.07) is 6.68. The molecule has 0 N–H and O–H groups in total. The van der Waals surface area contributed by atoms with E-state index < -0.39 is 0 Å². The third-order valence-electron chi connectivity index (χ3n) is 2.13. The fourth-order valence-electron chi connectivity index (χ4n) is 1.35. The van der Waals surface area contributed by atoms with Crippen LogP contribution in [0.15, 0.2) is 33.2 Å². The van der Waals surface area contributed by atoms with Gasteiger partial charge in [0.2, 0.25) is 0 Å². The molecular weight excluding hydrogens is 462 g/mol. The van der Waals surface area contributed by atoms with Crippen LogP contribution in [0.4, 0.5) is 0 Å². The molecule has 0 aromatic heterocycles. The van der Waals surface area contributed by atoms with Crippen LogP contribution >= 0.6 is 78.3 Å². The largest absolute Gasteiger partial charge is 0.451 e. The Kier molecular flexibility index (Phi) is 5.32. The highest BCUT2D eigenvalue weighted by Crippen LogP contribution is 2.44. The van der Waals surface area contributed by atoms with E-state index in [0.29, 0.717) is 31.6 Å². The summed E-state index contributed by atoms with van der Waals surface area (Å²) in [4.78, 5) is 0. The van der Waals surface area contributed by atoms with E-state index in [9.17, 15) is 0 Å². The molecule has 0 amide bonds. The number of hydrogen-bond donors (Lipinski definition) is 0. The Morgan fingerprint density at radius 1 is 0.632 bits per heavy atom. The summed E-state index contributed by atoms with van der Waals surface area (Å²) in [6.45, 7) is 0. The van der Waals surface area contributed by atoms with Gasteiger partial charge in [-0.25, -0.2) is 0 Å². The molecule has 0 aliphatic carbocycles. The average molecular weight is 466 g/mol. The molecule has 0 spiro atoms. The van der Waals surface area contributed by atoms with Gasteiger partial charge in [-0.2, -0.15) is 0 Å². The molecule has 2 aromatic rings. The predicted octanol–water partition coefficient (Wildman–Crippen LogP) is 7.62. The van der Waals surface area contributed by atoms with Crippen molar-refractivity contribution in [2.75, 3.05) is 0 Å². The van der Waals surface area contributed by atoms with Gasteiger partial charge in [0.1, 0.15) is 0 Å². The Bertz CT molecular complexity index is 544. The maximum absolute atomic E-state index is 6.09. The van der Waals surface area contributed by atoms with Gasteiger partial charge in [-0.05, 0) is 24.3 Å². The molecule has 100 valence electrons. The Morgan fingerprint density at radius 3 is 1.16 bits per heavy atom. The topological polar surface area (TPSA) is 9.23 Å². The second-order valence-electron chi connectivity index (χ2n) is 3.50. The minimum absolute atomic E-state index is 0.303. The van der Waals surface area contributed by atoms with Crippen LogP contribution in [0.5, 0.6) is 11.5 Å². The van der Waals surface area contributed by atoms with E-state index >= 15 is 0 Å². The number of halogens is 6. The fourth-order valence-corrected chi connectivity index (χ4v) is 3.93. The third-order valence-corrected chi connectivity index (χ3v) is 4.17. The number of ether oxygens (including phenoxy) is 1. The lowest BCUT2D eigenvalue weighted by atomic mass is 10.3. The summed E-state index contributed by atoms with van der Waals surface area (Å²) in [5.74, 6) is 0.607. The standard InChI is InChI=1S/C12H4Br2Cl4O/c13-5-1-7(15)11(8(16)2-5)19-12-9(17)3-6(14)4-10(12)18/h1-4H. The Balaban J connectivity index is 2.48. The van der Waals surface area contributed by atoms with Crippen molar-refractivity contribution in [2.45, 2.75) is 0 Å². The molecule has 0 heterocycles. The van der Waals surface area contributed by atoms with Gasteiger partial charge >= 0.3 is 0 Å². The van der Waals surface area contributed by atoms with Gasteiger partial charge in [0.05, 0.1) is 20.1 Å². The highest BCUT2D eigenvalue weighted by Gasteiger charge is 2.15. The summed E-state index contributed by atoms with van der Waals surface area (Å²) in [6.07, 6.45) is 0. The van der Waals surface area contributed by atoms with Gasteiger partial charge in [-0.15, -0.1) is 0 Å². The molecule has 0 unspecified atom stereocenters. The second kappa shape index (κ2) is 6.42. The summed E-state index contributed by atoms with van der Waals surface area (Å²) >= 11 is 30.9. The molecule has 2 rings (SSSR count). The molecule has 0 bridgehead atoms. The summed E-state index contributed by atoms with van der Waals surface area (Å²) in [7, 11) is 0. The molecule has 0 fully saturated rings. The molecule has 0 radical (unpaired) electrons. The van der Waals surface area contributed by atoms with Gasteiger partial charge in [-0.1, -0.05) is 78.3 Å². The third kappa shape index (κ3) is 3.72. The van der Waals surface area contributed by atoms with Crippen molar-refractivity contribution in [3.05, 3.63) is 53.3 Å². The summed E-state index contributed by atoms with van der Waals surface area (Å²) in [5.41, 5.74) is 0. The molecule has 0 aliphatic rings. The maximum Gasteiger partial charge on any atom is 0.164 e. The zero-order valence-electron chi connectivity index (χ0n) is 8.99. The monoisotopic (exact) mass is 462 g/mol. The van der Waals surface area contributed by atoms with Crippen molar-refractivity contribution in [3.63, 3.8) is 0 Å². The van der Waals surface area contributed by atoms with Crippen molar-refractivity contribution < 1.29 is 4.74 Å². The molecular formula is C12H4Br2Cl4O. The zero-order valence-corrected chi connectivity index (χ0v) is 15.2. The maximum atomic E-state index is 6.09. The highest BCUT2D eigenvalue weighted by molar-refractivity contribution is 9.10. The van der Waals surface area contributed by atoms with Crippen molar-refractivity contribution >= 4 is 78.3 Å². The molecule has 1 nitrogen and oxygen atoms in total. The minimum Gasteiger partial charge on any atom is -0.451 e. The smallest absolute Gasteiger partial charge is 0.164 e. The van der Waals surface area contributed by atoms with Crippen LogP contribution < -0.4 is 4.74 Å². The van der Waals surface area contributed by atoms with E-state index in [1.807, 2.05) is 0 Å². The van der Waals surface area contributed by atoms with E-state index in [0.717, 1.165) is 8.95 Å². The summed E-state index contributed by atoms with van der Waals surface area (Å²) in [5, 5.41) is 1.42. The molecule has 7 heteroatoms. The minimum atomic E-state index is 0.303. The SMILES string of the molecule is Clc1cc(Br)cc(Cl)c1Oc1c(Cl)cc(Br)cc1Cl. The molecule has 0 atom stereocenters. The molecule has 0 saturated carbocycles. The highest BCUT2D eigenvalue weighted by atomic mass is 79.9. The van der Waals surface area contributed by atoms with Crippen LogP contribution in [0.1, 0.15) is 0 Å². The van der Waals surface area contributed by atoms with Gasteiger partial charge in [0, 0.05) is 8.95 Å². The Morgan fingerprint density at radius 2 is 0.895 bits per heavy atom. The quantitative estimate of drug-likeness (QED) is 0.443. The van der Waals surface area contributed by atoms with E-state index in [2.05, 4.69) is 31.9 Å². The molecule has 2 aromatic carbocycles. The van der Waals surface area contributed by atoms with Gasteiger partial charge in [-0.3, -0.25) is 0 Å². The van der Waals surface area contributed by atoms with Gasteiger partial charge in [0.15, 0.2) is 11.5 Å². The van der Waals surface area contributed by atoms with Crippen LogP contribution in [0.3, 0.4) is 0 Å². The lowest BCUT2D eigenvalue weighted by Gasteiger charge is -2.13. The van der Waals surface area contributed by atoms with Crippen molar-refractivity contribution in [3.8, 4) is 11.5 Å². The number of benzene rings is 2. The first-order valence-electron chi connectivity index (χ1n) is 4.85. The zero-order chi connectivity index (χ0) is 14.2. The Labute approximate surface area is 147 Å². The van der Waals surface area contributed by atoms with Crippen LogP contribution in [-0.4, -0.2) is 0 Å². The lowest BCUT2D eigenvalue weighted by molar-refractivity contribution is 0.483. The normalized spacial score (nSPS) is 10.6. The number of hydrogen-bond acceptors (Lipinski definition) is 1. The van der Waals surface area contributed by atoms with Crippen molar-refractivity contribution in [2.24, 2.45) is 0 Å². The first kappa shape index (κ1) is 15.7. The van der Waals surface area contributed by atoms with E-state index in [-0.39, 0.29) is 0 Å². The number of rotatable bonds is 2. The van der Waals surface area contributed by atoms with Crippen molar-refractivity contribution in [1.29, 1.82) is 0 Å². The van der Waals surface area contributed by atoms with Crippen LogP contribution in [0.25, 0.3) is 0 Å². The van der Waals surface area contributed by atoms with E-state index in [1.54, 1.807) is 24.3 Å². The molecule has 0 saturated heterocycles. The van der Waals surface area contributed by atoms with Crippen molar-refractivity contribution in [1.82, 2.24) is 0 Å². The van der Waals surface area contributed by atoms with E-state index in [4.69, 9.17) is 51.1 Å². The fraction of sp³-hybridized carbons (Fsp3) is 0. The lowest BCUT2D eigenvalue weighted by Crippen LogP contribution is -1.89.